The second-order valence-corrected chi connectivity index (χ2v) is 6.94. The van der Waals surface area contributed by atoms with Crippen LogP contribution in [0.15, 0.2) is 12.1 Å². The van der Waals surface area contributed by atoms with Crippen molar-refractivity contribution in [2.75, 3.05) is 18.4 Å². The number of carbonyl (C=O) groups is 1. The maximum atomic E-state index is 12.0. The number of nitrogens with one attached hydrogen (secondary N) is 1. The van der Waals surface area contributed by atoms with Crippen LogP contribution in [0.3, 0.4) is 0 Å². The van der Waals surface area contributed by atoms with E-state index in [9.17, 15) is 4.79 Å². The van der Waals surface area contributed by atoms with Gasteiger partial charge in [0.05, 0.1) is 16.2 Å². The van der Waals surface area contributed by atoms with Gasteiger partial charge >= 0.3 is 0 Å². The summed E-state index contributed by atoms with van der Waals surface area (Å²) in [7, 11) is 0. The molecular weight excluding hydrogens is 412 g/mol. The van der Waals surface area contributed by atoms with Crippen LogP contribution in [0, 0.1) is 0 Å². The van der Waals surface area contributed by atoms with Crippen LogP contribution in [0.4, 0.5) is 5.69 Å². The fourth-order valence-electron chi connectivity index (χ4n) is 2.19. The van der Waals surface area contributed by atoms with E-state index < -0.39 is 0 Å². The number of nitrogens with zero attached hydrogens (tertiary/aromatic N) is 2. The van der Waals surface area contributed by atoms with Crippen molar-refractivity contribution in [3.05, 3.63) is 22.4 Å². The summed E-state index contributed by atoms with van der Waals surface area (Å²) in [5.41, 5.74) is 0.503. The minimum absolute atomic E-state index is 0.0546. The molecule has 1 saturated heterocycles. The maximum Gasteiger partial charge on any atom is 0.226 e. The molecule has 0 aromatic carbocycles. The fourth-order valence-corrected chi connectivity index (χ4v) is 3.54. The number of amides is 1. The van der Waals surface area contributed by atoms with Gasteiger partial charge in [-0.05, 0) is 38.1 Å². The largest absolute Gasteiger partial charge is 0.323 e. The number of pyridine rings is 1. The van der Waals surface area contributed by atoms with Crippen LogP contribution >= 0.6 is 45.8 Å². The monoisotopic (exact) mass is 427 g/mol. The molecule has 0 bridgehead atoms. The van der Waals surface area contributed by atoms with Crippen LogP contribution in [0.5, 0.6) is 0 Å². The van der Waals surface area contributed by atoms with Gasteiger partial charge in [0.1, 0.15) is 5.15 Å². The van der Waals surface area contributed by atoms with Crippen molar-refractivity contribution in [3.8, 4) is 0 Å². The van der Waals surface area contributed by atoms with Crippen LogP contribution < -0.4 is 5.32 Å². The number of carbonyl (C=O) groups excluding carboxylic acids is 1. The van der Waals surface area contributed by atoms with E-state index in [2.05, 4.69) is 37.8 Å². The van der Waals surface area contributed by atoms with Crippen molar-refractivity contribution in [1.82, 2.24) is 9.88 Å². The predicted octanol–water partition coefficient (Wildman–Crippen LogP) is 3.96. The highest BCUT2D eigenvalue weighted by Crippen LogP contribution is 2.23. The lowest BCUT2D eigenvalue weighted by Crippen LogP contribution is -2.37. The smallest absolute Gasteiger partial charge is 0.226 e. The predicted molar refractivity (Wildman–Crippen MR) is 90.7 cm³/mol. The standard InChI is InChI=1S/C13H16Cl2IN3O/c14-10-5-4-9(13(15)18-10)17-12(20)8-11(16)19-6-2-1-3-7-19/h4-5,11H,1-3,6-8H2,(H,17,20). The van der Waals surface area contributed by atoms with E-state index in [1.165, 1.54) is 19.3 Å². The summed E-state index contributed by atoms with van der Waals surface area (Å²) < 4.78 is 0.215. The Morgan fingerprint density at radius 3 is 2.70 bits per heavy atom. The zero-order valence-corrected chi connectivity index (χ0v) is 14.6. The number of hydrogen-bond acceptors (Lipinski definition) is 3. The molecule has 0 saturated carbocycles. The van der Waals surface area contributed by atoms with Crippen LogP contribution in [0.1, 0.15) is 25.7 Å². The molecule has 1 aliphatic heterocycles. The van der Waals surface area contributed by atoms with Crippen LogP contribution in [-0.4, -0.2) is 32.9 Å². The number of likely N-dealkylation sites (tertiary alicyclic amines) is 1. The highest BCUT2D eigenvalue weighted by atomic mass is 127. The third kappa shape index (κ3) is 4.72. The van der Waals surface area contributed by atoms with E-state index >= 15 is 0 Å². The van der Waals surface area contributed by atoms with Crippen LogP contribution in [0.2, 0.25) is 10.3 Å². The topological polar surface area (TPSA) is 45.2 Å². The molecule has 110 valence electrons. The minimum atomic E-state index is -0.0546. The van der Waals surface area contributed by atoms with Gasteiger partial charge in [-0.3, -0.25) is 9.69 Å². The van der Waals surface area contributed by atoms with Gasteiger partial charge in [-0.1, -0.05) is 52.2 Å². The molecule has 1 aliphatic rings. The highest BCUT2D eigenvalue weighted by Gasteiger charge is 2.21. The molecule has 4 nitrogen and oxygen atoms in total. The first-order valence-electron chi connectivity index (χ1n) is 6.56. The molecule has 1 amide bonds. The normalized spacial score (nSPS) is 17.8. The highest BCUT2D eigenvalue weighted by molar-refractivity contribution is 14.1. The summed E-state index contributed by atoms with van der Waals surface area (Å²) in [6, 6.07) is 3.27. The van der Waals surface area contributed by atoms with Crippen molar-refractivity contribution in [1.29, 1.82) is 0 Å². The molecule has 1 aromatic rings. The lowest BCUT2D eigenvalue weighted by atomic mass is 10.1. The van der Waals surface area contributed by atoms with Crippen LogP contribution in [-0.2, 0) is 4.79 Å². The minimum Gasteiger partial charge on any atom is -0.323 e. The molecule has 0 spiro atoms. The first-order chi connectivity index (χ1) is 9.56. The summed E-state index contributed by atoms with van der Waals surface area (Å²) in [4.78, 5) is 18.3. The second-order valence-electron chi connectivity index (χ2n) is 4.76. The average molecular weight is 428 g/mol. The number of alkyl halides is 1. The Balaban J connectivity index is 1.88. The summed E-state index contributed by atoms with van der Waals surface area (Å²) in [6.45, 7) is 2.15. The van der Waals surface area contributed by atoms with Gasteiger partial charge < -0.3 is 5.32 Å². The van der Waals surface area contributed by atoms with Gasteiger partial charge in [-0.2, -0.15) is 0 Å². The van der Waals surface area contributed by atoms with E-state index in [1.807, 2.05) is 0 Å². The van der Waals surface area contributed by atoms with E-state index in [0.29, 0.717) is 17.3 Å². The Morgan fingerprint density at radius 2 is 2.05 bits per heavy atom. The molecule has 0 aliphatic carbocycles. The number of aromatic nitrogens is 1. The third-order valence-electron chi connectivity index (χ3n) is 3.23. The van der Waals surface area contributed by atoms with Gasteiger partial charge in [0.15, 0.2) is 5.15 Å². The molecule has 20 heavy (non-hydrogen) atoms. The molecule has 2 rings (SSSR count). The lowest BCUT2D eigenvalue weighted by Gasteiger charge is -2.30. The van der Waals surface area contributed by atoms with E-state index in [0.717, 1.165) is 13.1 Å². The number of hydrogen-bond donors (Lipinski definition) is 1. The van der Waals surface area contributed by atoms with Crippen LogP contribution in [0.25, 0.3) is 0 Å². The molecule has 7 heteroatoms. The molecule has 1 fully saturated rings. The van der Waals surface area contributed by atoms with Crippen molar-refractivity contribution >= 4 is 57.4 Å². The van der Waals surface area contributed by atoms with Gasteiger partial charge in [-0.15, -0.1) is 0 Å². The van der Waals surface area contributed by atoms with Gasteiger partial charge in [-0.25, -0.2) is 4.98 Å². The quantitative estimate of drug-likeness (QED) is 0.342. The molecule has 1 aromatic heterocycles. The Morgan fingerprint density at radius 1 is 1.35 bits per heavy atom. The Hall–Kier alpha value is -0.110. The zero-order valence-electron chi connectivity index (χ0n) is 10.9. The number of halogens is 3. The summed E-state index contributed by atoms with van der Waals surface area (Å²) in [5.74, 6) is -0.0546. The molecule has 1 unspecified atom stereocenters. The van der Waals surface area contributed by atoms with Crippen molar-refractivity contribution in [2.45, 2.75) is 29.7 Å². The van der Waals surface area contributed by atoms with Crippen molar-refractivity contribution in [2.24, 2.45) is 0 Å². The number of rotatable bonds is 4. The molecular formula is C13H16Cl2IN3O. The lowest BCUT2D eigenvalue weighted by molar-refractivity contribution is -0.116. The molecule has 0 radical (unpaired) electrons. The fraction of sp³-hybridized carbons (Fsp3) is 0.538. The van der Waals surface area contributed by atoms with Gasteiger partial charge in [0.25, 0.3) is 0 Å². The van der Waals surface area contributed by atoms with E-state index in [-0.39, 0.29) is 15.1 Å². The zero-order chi connectivity index (χ0) is 14.5. The maximum absolute atomic E-state index is 12.0. The Labute approximate surface area is 142 Å². The summed E-state index contributed by atoms with van der Waals surface area (Å²) in [5, 5.41) is 3.31. The molecule has 1 atom stereocenters. The van der Waals surface area contributed by atoms with E-state index in [4.69, 9.17) is 23.2 Å². The Bertz CT molecular complexity index is 481. The number of anilines is 1. The van der Waals surface area contributed by atoms with Crippen molar-refractivity contribution < 1.29 is 4.79 Å². The Kier molecular flexibility index (Phi) is 6.32. The molecule has 1 N–H and O–H groups in total. The summed E-state index contributed by atoms with van der Waals surface area (Å²) in [6.07, 6.45) is 4.17. The van der Waals surface area contributed by atoms with Gasteiger partial charge in [0.2, 0.25) is 5.91 Å². The first-order valence-corrected chi connectivity index (χ1v) is 8.56. The average Bonchev–Trinajstić information content (AvgIpc) is 2.43. The third-order valence-corrected chi connectivity index (χ3v) is 4.96. The van der Waals surface area contributed by atoms with E-state index in [1.54, 1.807) is 12.1 Å². The SMILES string of the molecule is O=C(CC(I)N1CCCCC1)Nc1ccc(Cl)nc1Cl. The van der Waals surface area contributed by atoms with Gasteiger partial charge in [0, 0.05) is 0 Å². The first kappa shape index (κ1) is 16.3. The summed E-state index contributed by atoms with van der Waals surface area (Å²) >= 11 is 14.0. The second kappa shape index (κ2) is 7.77. The number of piperidine rings is 1. The van der Waals surface area contributed by atoms with Crippen molar-refractivity contribution in [3.63, 3.8) is 0 Å². The molecule has 2 heterocycles.